The average molecular weight is 181 g/mol. The third kappa shape index (κ3) is 1.76. The second kappa shape index (κ2) is 3.57. The van der Waals surface area contributed by atoms with Crippen molar-refractivity contribution in [1.82, 2.24) is 0 Å². The van der Waals surface area contributed by atoms with Crippen LogP contribution in [0.15, 0.2) is 18.2 Å². The summed E-state index contributed by atoms with van der Waals surface area (Å²) in [6, 6.07) is 6.74. The highest BCUT2D eigenvalue weighted by atomic mass is 35.5. The molecule has 0 aromatic heterocycles. The van der Waals surface area contributed by atoms with Gasteiger partial charge in [-0.2, -0.15) is 5.26 Å². The maximum atomic E-state index is 8.57. The maximum Gasteiger partial charge on any atom is 0.119 e. The molecule has 0 radical (unpaired) electrons. The van der Waals surface area contributed by atoms with Crippen LogP contribution in [0.25, 0.3) is 0 Å². The van der Waals surface area contributed by atoms with Gasteiger partial charge in [0.25, 0.3) is 0 Å². The van der Waals surface area contributed by atoms with Crippen molar-refractivity contribution in [2.24, 2.45) is 5.73 Å². The van der Waals surface area contributed by atoms with Gasteiger partial charge >= 0.3 is 0 Å². The minimum Gasteiger partial charge on any atom is -0.312 e. The van der Waals surface area contributed by atoms with E-state index < -0.39 is 6.04 Å². The molecule has 2 N–H and O–H groups in total. The number of nitrogens with zero attached hydrogens (tertiary/aromatic N) is 1. The second-order valence-corrected chi connectivity index (χ2v) is 3.04. The summed E-state index contributed by atoms with van der Waals surface area (Å²) in [5.74, 6) is 0. The molecule has 0 aliphatic rings. The topological polar surface area (TPSA) is 49.8 Å². The summed E-state index contributed by atoms with van der Waals surface area (Å²) < 4.78 is 0. The fourth-order valence-corrected chi connectivity index (χ4v) is 1.28. The summed E-state index contributed by atoms with van der Waals surface area (Å²) in [5.41, 5.74) is 7.33. The SMILES string of the molecule is Cc1cc(Cl)ccc1[C@H](N)C#N. The number of rotatable bonds is 1. The Balaban J connectivity index is 3.11. The first kappa shape index (κ1) is 9.05. The molecular weight excluding hydrogens is 172 g/mol. The van der Waals surface area contributed by atoms with E-state index in [9.17, 15) is 0 Å². The van der Waals surface area contributed by atoms with Crippen LogP contribution in [0.2, 0.25) is 5.02 Å². The van der Waals surface area contributed by atoms with Crippen LogP contribution in [0, 0.1) is 18.3 Å². The van der Waals surface area contributed by atoms with E-state index in [-0.39, 0.29) is 0 Å². The van der Waals surface area contributed by atoms with E-state index in [1.54, 1.807) is 18.2 Å². The van der Waals surface area contributed by atoms with Gasteiger partial charge in [-0.1, -0.05) is 17.7 Å². The van der Waals surface area contributed by atoms with Gasteiger partial charge in [0.2, 0.25) is 0 Å². The van der Waals surface area contributed by atoms with Gasteiger partial charge in [0, 0.05) is 5.02 Å². The molecule has 0 amide bonds. The number of hydrogen-bond acceptors (Lipinski definition) is 2. The Morgan fingerprint density at radius 1 is 1.58 bits per heavy atom. The van der Waals surface area contributed by atoms with Crippen molar-refractivity contribution in [3.05, 3.63) is 34.3 Å². The van der Waals surface area contributed by atoms with Crippen molar-refractivity contribution in [3.63, 3.8) is 0 Å². The van der Waals surface area contributed by atoms with E-state index >= 15 is 0 Å². The highest BCUT2D eigenvalue weighted by molar-refractivity contribution is 6.30. The minimum atomic E-state index is -0.553. The van der Waals surface area contributed by atoms with E-state index in [0.29, 0.717) is 5.02 Å². The highest BCUT2D eigenvalue weighted by Crippen LogP contribution is 2.19. The standard InChI is InChI=1S/C9H9ClN2/c1-6-4-7(10)2-3-8(6)9(12)5-11/h2-4,9H,12H2,1H3/t9-/m1/s1. The molecule has 0 spiro atoms. The summed E-state index contributed by atoms with van der Waals surface area (Å²) in [6.45, 7) is 1.89. The molecule has 1 aromatic rings. The van der Waals surface area contributed by atoms with Gasteiger partial charge < -0.3 is 5.73 Å². The molecule has 0 heterocycles. The minimum absolute atomic E-state index is 0.553. The average Bonchev–Trinajstić information content (AvgIpc) is 2.03. The van der Waals surface area contributed by atoms with E-state index in [0.717, 1.165) is 11.1 Å². The van der Waals surface area contributed by atoms with E-state index in [4.69, 9.17) is 22.6 Å². The van der Waals surface area contributed by atoms with Crippen molar-refractivity contribution in [2.75, 3.05) is 0 Å². The van der Waals surface area contributed by atoms with E-state index in [2.05, 4.69) is 0 Å². The fourth-order valence-electron chi connectivity index (χ4n) is 1.06. The lowest BCUT2D eigenvalue weighted by Gasteiger charge is -2.06. The zero-order chi connectivity index (χ0) is 9.14. The number of nitrogens with two attached hydrogens (primary N) is 1. The molecule has 3 heteroatoms. The van der Waals surface area contributed by atoms with Crippen LogP contribution in [-0.2, 0) is 0 Å². The number of halogens is 1. The quantitative estimate of drug-likeness (QED) is 0.720. The van der Waals surface area contributed by atoms with Crippen LogP contribution in [-0.4, -0.2) is 0 Å². The molecule has 1 atom stereocenters. The van der Waals surface area contributed by atoms with Gasteiger partial charge in [0.1, 0.15) is 6.04 Å². The first-order chi connectivity index (χ1) is 5.65. The van der Waals surface area contributed by atoms with Gasteiger partial charge in [-0.25, -0.2) is 0 Å². The van der Waals surface area contributed by atoms with Gasteiger partial charge in [-0.05, 0) is 30.2 Å². The third-order valence-electron chi connectivity index (χ3n) is 1.71. The van der Waals surface area contributed by atoms with E-state index in [1.165, 1.54) is 0 Å². The highest BCUT2D eigenvalue weighted by Gasteiger charge is 2.06. The summed E-state index contributed by atoms with van der Waals surface area (Å²) >= 11 is 5.74. The van der Waals surface area contributed by atoms with Gasteiger partial charge in [-0.3, -0.25) is 0 Å². The zero-order valence-corrected chi connectivity index (χ0v) is 7.47. The number of aryl methyl sites for hydroxylation is 1. The predicted molar refractivity (Wildman–Crippen MR) is 48.7 cm³/mol. The molecule has 62 valence electrons. The molecule has 0 fully saturated rings. The monoisotopic (exact) mass is 180 g/mol. The van der Waals surface area contributed by atoms with Crippen molar-refractivity contribution < 1.29 is 0 Å². The summed E-state index contributed by atoms with van der Waals surface area (Å²) in [7, 11) is 0. The van der Waals surface area contributed by atoms with Crippen LogP contribution in [0.5, 0.6) is 0 Å². The lowest BCUT2D eigenvalue weighted by atomic mass is 10.0. The van der Waals surface area contributed by atoms with Crippen molar-refractivity contribution in [2.45, 2.75) is 13.0 Å². The van der Waals surface area contributed by atoms with Gasteiger partial charge in [-0.15, -0.1) is 0 Å². The third-order valence-corrected chi connectivity index (χ3v) is 1.94. The number of hydrogen-bond donors (Lipinski definition) is 1. The van der Waals surface area contributed by atoms with Crippen molar-refractivity contribution in [3.8, 4) is 6.07 Å². The summed E-state index contributed by atoms with van der Waals surface area (Å²) in [6.07, 6.45) is 0. The normalized spacial score (nSPS) is 12.2. The Labute approximate surface area is 76.6 Å². The lowest BCUT2D eigenvalue weighted by Crippen LogP contribution is -2.08. The smallest absolute Gasteiger partial charge is 0.119 e. The molecular formula is C9H9ClN2. The molecule has 0 aliphatic carbocycles. The van der Waals surface area contributed by atoms with Crippen molar-refractivity contribution in [1.29, 1.82) is 5.26 Å². The lowest BCUT2D eigenvalue weighted by molar-refractivity contribution is 0.914. The Hall–Kier alpha value is -1.04. The molecule has 0 unspecified atom stereocenters. The Bertz CT molecular complexity index is 328. The van der Waals surface area contributed by atoms with Gasteiger partial charge in [0.05, 0.1) is 6.07 Å². The van der Waals surface area contributed by atoms with Crippen LogP contribution in [0.4, 0.5) is 0 Å². The Morgan fingerprint density at radius 3 is 2.75 bits per heavy atom. The molecule has 0 bridgehead atoms. The fraction of sp³-hybridized carbons (Fsp3) is 0.222. The molecule has 1 aromatic carbocycles. The molecule has 0 saturated heterocycles. The van der Waals surface area contributed by atoms with Crippen LogP contribution in [0.3, 0.4) is 0 Å². The molecule has 1 rings (SSSR count). The first-order valence-corrected chi connectivity index (χ1v) is 3.94. The van der Waals surface area contributed by atoms with Crippen molar-refractivity contribution >= 4 is 11.6 Å². The zero-order valence-electron chi connectivity index (χ0n) is 6.71. The van der Waals surface area contributed by atoms with Crippen LogP contribution >= 0.6 is 11.6 Å². The Kier molecular flexibility index (Phi) is 2.69. The van der Waals surface area contributed by atoms with Crippen LogP contribution < -0.4 is 5.73 Å². The summed E-state index contributed by atoms with van der Waals surface area (Å²) in [4.78, 5) is 0. The maximum absolute atomic E-state index is 8.57. The van der Waals surface area contributed by atoms with E-state index in [1.807, 2.05) is 13.0 Å². The summed E-state index contributed by atoms with van der Waals surface area (Å²) in [5, 5.41) is 9.24. The molecule has 0 aliphatic heterocycles. The first-order valence-electron chi connectivity index (χ1n) is 3.56. The largest absolute Gasteiger partial charge is 0.312 e. The molecule has 12 heavy (non-hydrogen) atoms. The molecule has 2 nitrogen and oxygen atoms in total. The predicted octanol–water partition coefficient (Wildman–Crippen LogP) is 2.17. The van der Waals surface area contributed by atoms with Gasteiger partial charge in [0.15, 0.2) is 0 Å². The number of nitriles is 1. The second-order valence-electron chi connectivity index (χ2n) is 2.61. The Morgan fingerprint density at radius 2 is 2.25 bits per heavy atom. The molecule has 0 saturated carbocycles. The van der Waals surface area contributed by atoms with Crippen LogP contribution in [0.1, 0.15) is 17.2 Å². The number of benzene rings is 1.